The number of fused-ring (bicyclic) bond motifs is 1. The van der Waals surface area contributed by atoms with Gasteiger partial charge in [-0.15, -0.1) is 23.1 Å². The number of thioether (sulfide) groups is 1. The van der Waals surface area contributed by atoms with Crippen molar-refractivity contribution in [2.75, 3.05) is 32.5 Å². The van der Waals surface area contributed by atoms with Crippen LogP contribution in [0.2, 0.25) is 0 Å². The summed E-state index contributed by atoms with van der Waals surface area (Å²) < 4.78 is 6.76. The Kier molecular flexibility index (Phi) is 9.65. The third-order valence-corrected chi connectivity index (χ3v) is 9.76. The molecule has 0 amide bonds. The van der Waals surface area contributed by atoms with Crippen LogP contribution in [-0.4, -0.2) is 58.6 Å². The highest BCUT2D eigenvalue weighted by Gasteiger charge is 2.31. The van der Waals surface area contributed by atoms with E-state index in [1.165, 1.54) is 9.77 Å². The number of rotatable bonds is 12. The zero-order chi connectivity index (χ0) is 25.5. The van der Waals surface area contributed by atoms with Gasteiger partial charge in [-0.2, -0.15) is 0 Å². The Balaban J connectivity index is 1.32. The fourth-order valence-electron chi connectivity index (χ4n) is 5.25. The van der Waals surface area contributed by atoms with Crippen molar-refractivity contribution in [3.63, 3.8) is 0 Å². The van der Waals surface area contributed by atoms with Crippen LogP contribution >= 0.6 is 23.1 Å². The second kappa shape index (κ2) is 12.9. The largest absolute Gasteiger partial charge is 0.497 e. The van der Waals surface area contributed by atoms with Crippen LogP contribution in [0.1, 0.15) is 49.3 Å². The number of likely N-dealkylation sites (tertiary alicyclic amines) is 1. The molecule has 1 aliphatic heterocycles. The molecular formula is C28H36N2O4S2. The van der Waals surface area contributed by atoms with Gasteiger partial charge < -0.3 is 19.8 Å². The smallest absolute Gasteiger partial charge is 0.303 e. The zero-order valence-electron chi connectivity index (χ0n) is 21.1. The topological polar surface area (TPSA) is 82.9 Å². The van der Waals surface area contributed by atoms with E-state index in [1.807, 2.05) is 36.0 Å². The van der Waals surface area contributed by atoms with Gasteiger partial charge in [0.05, 0.1) is 22.9 Å². The quantitative estimate of drug-likeness (QED) is 0.220. The highest BCUT2D eigenvalue weighted by atomic mass is 32.2. The summed E-state index contributed by atoms with van der Waals surface area (Å²) in [5.41, 5.74) is 3.04. The first-order chi connectivity index (χ1) is 17.4. The number of aliphatic carboxylic acids is 1. The molecule has 36 heavy (non-hydrogen) atoms. The van der Waals surface area contributed by atoms with Crippen molar-refractivity contribution in [3.8, 4) is 5.75 Å². The number of piperidine rings is 1. The van der Waals surface area contributed by atoms with Crippen LogP contribution in [0.5, 0.6) is 5.75 Å². The van der Waals surface area contributed by atoms with E-state index in [4.69, 9.17) is 4.74 Å². The number of aliphatic hydroxyl groups is 1. The Morgan fingerprint density at radius 2 is 2.17 bits per heavy atom. The molecule has 1 aromatic carbocycles. The number of carboxylic acids is 1. The normalized spacial score (nSPS) is 19.4. The van der Waals surface area contributed by atoms with Crippen LogP contribution in [0.3, 0.4) is 0 Å². The van der Waals surface area contributed by atoms with E-state index in [1.54, 1.807) is 24.6 Å². The Morgan fingerprint density at radius 3 is 2.92 bits per heavy atom. The SMILES string of the molecule is COc1ccc2nccc([C@H](O)CC[C@@H]3CCN(CCCSc4sccc4C)C[C@@H]3CC(=O)O)c2c1. The molecule has 8 heteroatoms. The first-order valence-electron chi connectivity index (χ1n) is 12.7. The van der Waals surface area contributed by atoms with Gasteiger partial charge in [0.25, 0.3) is 0 Å². The molecule has 1 saturated heterocycles. The molecule has 0 radical (unpaired) electrons. The molecule has 0 saturated carbocycles. The van der Waals surface area contributed by atoms with E-state index in [0.717, 1.165) is 66.9 Å². The number of aliphatic hydroxyl groups excluding tert-OH is 1. The van der Waals surface area contributed by atoms with Crippen LogP contribution in [0.4, 0.5) is 0 Å². The minimum Gasteiger partial charge on any atom is -0.497 e. The van der Waals surface area contributed by atoms with Crippen molar-refractivity contribution in [1.82, 2.24) is 9.88 Å². The number of carboxylic acid groups (broad SMARTS) is 1. The standard InChI is InChI=1S/C28H36N2O4S2/c1-19-10-15-36-28(19)35-14-3-12-30-13-9-20(21(18-30)16-27(32)33)4-7-26(31)23-8-11-29-25-6-5-22(34-2)17-24(23)25/h5-6,8,10-11,15,17,20-21,26,31H,3-4,7,9,12-14,16,18H2,1-2H3,(H,32,33)/t20-,21+,26-/m1/s1. The average molecular weight is 529 g/mol. The number of pyridine rings is 1. The van der Waals surface area contributed by atoms with Crippen LogP contribution in [0.15, 0.2) is 46.1 Å². The highest BCUT2D eigenvalue weighted by Crippen LogP contribution is 2.35. The molecule has 3 heterocycles. The number of benzene rings is 1. The summed E-state index contributed by atoms with van der Waals surface area (Å²) in [5, 5.41) is 23.7. The molecule has 2 aromatic heterocycles. The summed E-state index contributed by atoms with van der Waals surface area (Å²) in [6.07, 6.45) is 4.80. The second-order valence-electron chi connectivity index (χ2n) is 9.68. The number of ether oxygens (including phenoxy) is 1. The van der Waals surface area contributed by atoms with Crippen molar-refractivity contribution in [2.45, 2.75) is 49.3 Å². The van der Waals surface area contributed by atoms with Crippen LogP contribution in [0.25, 0.3) is 10.9 Å². The Bertz CT molecular complexity index is 1150. The molecule has 2 N–H and O–H groups in total. The Morgan fingerprint density at radius 1 is 1.31 bits per heavy atom. The van der Waals surface area contributed by atoms with Crippen molar-refractivity contribution >= 4 is 40.0 Å². The van der Waals surface area contributed by atoms with E-state index in [9.17, 15) is 15.0 Å². The second-order valence-corrected chi connectivity index (χ2v) is 12.0. The Labute approximate surface area is 221 Å². The lowest BCUT2D eigenvalue weighted by atomic mass is 9.79. The first-order valence-corrected chi connectivity index (χ1v) is 14.5. The number of hydrogen-bond acceptors (Lipinski definition) is 7. The fourth-order valence-corrected chi connectivity index (χ4v) is 7.34. The van der Waals surface area contributed by atoms with Gasteiger partial charge in [-0.3, -0.25) is 9.78 Å². The van der Waals surface area contributed by atoms with Crippen molar-refractivity contribution in [2.24, 2.45) is 11.8 Å². The van der Waals surface area contributed by atoms with Crippen molar-refractivity contribution in [3.05, 3.63) is 53.0 Å². The molecule has 0 spiro atoms. The number of nitrogens with zero attached hydrogens (tertiary/aromatic N) is 2. The van der Waals surface area contributed by atoms with Gasteiger partial charge in [0.1, 0.15) is 5.75 Å². The summed E-state index contributed by atoms with van der Waals surface area (Å²) in [4.78, 5) is 18.5. The molecule has 3 aromatic rings. The molecule has 3 atom stereocenters. The molecular weight excluding hydrogens is 492 g/mol. The summed E-state index contributed by atoms with van der Waals surface area (Å²) in [6.45, 7) is 4.99. The van der Waals surface area contributed by atoms with Gasteiger partial charge in [-0.25, -0.2) is 0 Å². The average Bonchev–Trinajstić information content (AvgIpc) is 3.29. The minimum absolute atomic E-state index is 0.116. The number of aryl methyl sites for hydroxylation is 1. The number of aromatic nitrogens is 1. The zero-order valence-corrected chi connectivity index (χ0v) is 22.7. The van der Waals surface area contributed by atoms with Gasteiger partial charge in [0, 0.05) is 30.3 Å². The van der Waals surface area contributed by atoms with Gasteiger partial charge in [-0.1, -0.05) is 0 Å². The van der Waals surface area contributed by atoms with Gasteiger partial charge in [-0.05, 0) is 104 Å². The third-order valence-electron chi connectivity index (χ3n) is 7.23. The molecule has 0 bridgehead atoms. The van der Waals surface area contributed by atoms with E-state index in [-0.39, 0.29) is 12.3 Å². The maximum absolute atomic E-state index is 11.6. The summed E-state index contributed by atoms with van der Waals surface area (Å²) in [6, 6.07) is 9.74. The predicted octanol–water partition coefficient (Wildman–Crippen LogP) is 6.02. The summed E-state index contributed by atoms with van der Waals surface area (Å²) >= 11 is 3.73. The van der Waals surface area contributed by atoms with Crippen LogP contribution < -0.4 is 4.74 Å². The molecule has 0 unspecified atom stereocenters. The lowest BCUT2D eigenvalue weighted by Gasteiger charge is -2.38. The van der Waals surface area contributed by atoms with Gasteiger partial charge >= 0.3 is 5.97 Å². The van der Waals surface area contributed by atoms with Crippen molar-refractivity contribution < 1.29 is 19.7 Å². The molecule has 0 aliphatic carbocycles. The molecule has 6 nitrogen and oxygen atoms in total. The number of methoxy groups -OCH3 is 1. The predicted molar refractivity (Wildman–Crippen MR) is 147 cm³/mol. The summed E-state index contributed by atoms with van der Waals surface area (Å²) in [7, 11) is 1.63. The fraction of sp³-hybridized carbons (Fsp3) is 0.500. The van der Waals surface area contributed by atoms with E-state index in [0.29, 0.717) is 12.3 Å². The monoisotopic (exact) mass is 528 g/mol. The maximum Gasteiger partial charge on any atom is 0.303 e. The highest BCUT2D eigenvalue weighted by molar-refractivity contribution is 8.01. The van der Waals surface area contributed by atoms with E-state index >= 15 is 0 Å². The molecule has 4 rings (SSSR count). The number of carbonyl (C=O) groups is 1. The molecule has 1 fully saturated rings. The van der Waals surface area contributed by atoms with Crippen LogP contribution in [-0.2, 0) is 4.79 Å². The maximum atomic E-state index is 11.6. The molecule has 1 aliphatic rings. The lowest BCUT2D eigenvalue weighted by Crippen LogP contribution is -2.42. The molecule has 194 valence electrons. The summed E-state index contributed by atoms with van der Waals surface area (Å²) in [5.74, 6) is 1.51. The number of thiophene rings is 1. The van der Waals surface area contributed by atoms with Crippen molar-refractivity contribution in [1.29, 1.82) is 0 Å². The first kappa shape index (κ1) is 26.9. The Hall–Kier alpha value is -2.13. The van der Waals surface area contributed by atoms with Crippen LogP contribution in [0, 0.1) is 18.8 Å². The minimum atomic E-state index is -0.733. The van der Waals surface area contributed by atoms with Gasteiger partial charge in [0.15, 0.2) is 0 Å². The van der Waals surface area contributed by atoms with E-state index in [2.05, 4.69) is 28.3 Å². The van der Waals surface area contributed by atoms with E-state index < -0.39 is 12.1 Å². The lowest BCUT2D eigenvalue weighted by molar-refractivity contribution is -0.139. The number of hydrogen-bond donors (Lipinski definition) is 2. The third kappa shape index (κ3) is 7.00. The van der Waals surface area contributed by atoms with Gasteiger partial charge in [0.2, 0.25) is 0 Å².